The van der Waals surface area contributed by atoms with Gasteiger partial charge in [0.05, 0.1) is 0 Å². The van der Waals surface area contributed by atoms with Gasteiger partial charge in [0.15, 0.2) is 6.61 Å². The molecule has 0 aliphatic carbocycles. The van der Waals surface area contributed by atoms with E-state index < -0.39 is 0 Å². The number of hydrogen-bond donors (Lipinski definition) is 2. The third-order valence-electron chi connectivity index (χ3n) is 2.72. The molecule has 0 saturated carbocycles. The van der Waals surface area contributed by atoms with Gasteiger partial charge in [-0.2, -0.15) is 0 Å². The van der Waals surface area contributed by atoms with Crippen LogP contribution in [0.4, 0.5) is 0 Å². The smallest absolute Gasteiger partial charge is 0.257 e. The minimum atomic E-state index is -0.0765. The first kappa shape index (κ1) is 15.5. The summed E-state index contributed by atoms with van der Waals surface area (Å²) < 4.78 is 5.66. The number of carbonyl (C=O) groups is 1. The largest absolute Gasteiger partial charge is 0.483 e. The highest BCUT2D eigenvalue weighted by Crippen LogP contribution is 2.23. The van der Waals surface area contributed by atoms with Crippen molar-refractivity contribution in [3.63, 3.8) is 0 Å². The van der Waals surface area contributed by atoms with Crippen molar-refractivity contribution in [2.75, 3.05) is 20.2 Å². The second kappa shape index (κ2) is 7.79. The zero-order valence-corrected chi connectivity index (χ0v) is 12.2. The highest BCUT2D eigenvalue weighted by molar-refractivity contribution is 5.77. The van der Waals surface area contributed by atoms with Gasteiger partial charge in [-0.15, -0.1) is 0 Å². The van der Waals surface area contributed by atoms with E-state index in [9.17, 15) is 4.79 Å². The molecule has 0 heterocycles. The second-order valence-corrected chi connectivity index (χ2v) is 5.08. The van der Waals surface area contributed by atoms with Crippen molar-refractivity contribution in [1.82, 2.24) is 10.6 Å². The Morgan fingerprint density at radius 3 is 2.74 bits per heavy atom. The minimum Gasteiger partial charge on any atom is -0.483 e. The minimum absolute atomic E-state index is 0.0638. The quantitative estimate of drug-likeness (QED) is 0.790. The van der Waals surface area contributed by atoms with Gasteiger partial charge in [0.25, 0.3) is 5.91 Å². The average Bonchev–Trinajstić information content (AvgIpc) is 2.36. The Hall–Kier alpha value is -1.55. The maximum atomic E-state index is 11.6. The zero-order valence-electron chi connectivity index (χ0n) is 12.2. The van der Waals surface area contributed by atoms with Crippen LogP contribution >= 0.6 is 0 Å². The molecule has 0 radical (unpaired) electrons. The van der Waals surface area contributed by atoms with Crippen molar-refractivity contribution in [2.45, 2.75) is 27.3 Å². The van der Waals surface area contributed by atoms with E-state index in [0.717, 1.165) is 23.4 Å². The molecule has 0 atom stereocenters. The fourth-order valence-electron chi connectivity index (χ4n) is 1.76. The van der Waals surface area contributed by atoms with Crippen molar-refractivity contribution in [3.8, 4) is 5.75 Å². The van der Waals surface area contributed by atoms with Crippen LogP contribution in [0.1, 0.15) is 25.0 Å². The fourth-order valence-corrected chi connectivity index (χ4v) is 1.76. The number of amides is 1. The van der Waals surface area contributed by atoms with E-state index in [0.29, 0.717) is 12.5 Å². The van der Waals surface area contributed by atoms with Crippen LogP contribution in [-0.4, -0.2) is 26.1 Å². The molecule has 19 heavy (non-hydrogen) atoms. The molecule has 0 aliphatic rings. The summed E-state index contributed by atoms with van der Waals surface area (Å²) in [5, 5.41) is 5.94. The Morgan fingerprint density at radius 2 is 2.11 bits per heavy atom. The molecule has 106 valence electrons. The topological polar surface area (TPSA) is 50.4 Å². The van der Waals surface area contributed by atoms with Crippen molar-refractivity contribution < 1.29 is 9.53 Å². The molecule has 0 aromatic heterocycles. The molecule has 2 N–H and O–H groups in total. The van der Waals surface area contributed by atoms with Crippen LogP contribution < -0.4 is 15.4 Å². The molecule has 1 aromatic carbocycles. The lowest BCUT2D eigenvalue weighted by Crippen LogP contribution is -2.32. The number of hydrogen-bond acceptors (Lipinski definition) is 3. The molecular formula is C15H24N2O2. The summed E-state index contributed by atoms with van der Waals surface area (Å²) in [6.45, 7) is 7.58. The molecule has 0 saturated heterocycles. The van der Waals surface area contributed by atoms with E-state index in [2.05, 4.69) is 24.5 Å². The third kappa shape index (κ3) is 5.30. The zero-order chi connectivity index (χ0) is 14.3. The predicted molar refractivity (Wildman–Crippen MR) is 77.3 cm³/mol. The van der Waals surface area contributed by atoms with Gasteiger partial charge >= 0.3 is 0 Å². The molecule has 4 heteroatoms. The number of aryl methyl sites for hydroxylation is 1. The Morgan fingerprint density at radius 1 is 1.37 bits per heavy atom. The van der Waals surface area contributed by atoms with Gasteiger partial charge in [-0.3, -0.25) is 4.79 Å². The van der Waals surface area contributed by atoms with E-state index in [1.807, 2.05) is 32.2 Å². The average molecular weight is 264 g/mol. The molecule has 0 bridgehead atoms. The molecular weight excluding hydrogens is 240 g/mol. The van der Waals surface area contributed by atoms with Crippen molar-refractivity contribution in [3.05, 3.63) is 29.3 Å². The SMILES string of the molecule is CNCc1cccc(C)c1OCC(=O)NCC(C)C. The summed E-state index contributed by atoms with van der Waals surface area (Å²) >= 11 is 0. The second-order valence-electron chi connectivity index (χ2n) is 5.08. The first-order chi connectivity index (χ1) is 9.04. The van der Waals surface area contributed by atoms with Gasteiger partial charge in [0.2, 0.25) is 0 Å². The lowest BCUT2D eigenvalue weighted by Gasteiger charge is -2.14. The van der Waals surface area contributed by atoms with Crippen LogP contribution in [-0.2, 0) is 11.3 Å². The maximum absolute atomic E-state index is 11.6. The van der Waals surface area contributed by atoms with Gasteiger partial charge in [-0.1, -0.05) is 32.0 Å². The summed E-state index contributed by atoms with van der Waals surface area (Å²) in [6, 6.07) is 5.99. The van der Waals surface area contributed by atoms with Crippen LogP contribution in [0.2, 0.25) is 0 Å². The summed E-state index contributed by atoms with van der Waals surface area (Å²) in [6.07, 6.45) is 0. The Bertz CT molecular complexity index is 417. The maximum Gasteiger partial charge on any atom is 0.257 e. The van der Waals surface area contributed by atoms with E-state index in [1.165, 1.54) is 0 Å². The normalized spacial score (nSPS) is 10.6. The van der Waals surface area contributed by atoms with Gasteiger partial charge in [0, 0.05) is 18.7 Å². The van der Waals surface area contributed by atoms with Gasteiger partial charge in [-0.05, 0) is 25.5 Å². The molecule has 4 nitrogen and oxygen atoms in total. The fraction of sp³-hybridized carbons (Fsp3) is 0.533. The van der Waals surface area contributed by atoms with Crippen LogP contribution in [0.3, 0.4) is 0 Å². The van der Waals surface area contributed by atoms with Crippen molar-refractivity contribution in [2.24, 2.45) is 5.92 Å². The molecule has 1 aromatic rings. The van der Waals surface area contributed by atoms with E-state index in [-0.39, 0.29) is 12.5 Å². The first-order valence-corrected chi connectivity index (χ1v) is 6.67. The van der Waals surface area contributed by atoms with Gasteiger partial charge in [-0.25, -0.2) is 0 Å². The summed E-state index contributed by atoms with van der Waals surface area (Å²) in [5.74, 6) is 1.17. The number of carbonyl (C=O) groups excluding carboxylic acids is 1. The lowest BCUT2D eigenvalue weighted by atomic mass is 10.1. The highest BCUT2D eigenvalue weighted by Gasteiger charge is 2.09. The van der Waals surface area contributed by atoms with Crippen LogP contribution in [0.25, 0.3) is 0 Å². The van der Waals surface area contributed by atoms with Crippen LogP contribution in [0, 0.1) is 12.8 Å². The monoisotopic (exact) mass is 264 g/mol. The summed E-state index contributed by atoms with van der Waals surface area (Å²) in [4.78, 5) is 11.6. The molecule has 0 fully saturated rings. The number of nitrogens with one attached hydrogen (secondary N) is 2. The number of rotatable bonds is 7. The first-order valence-electron chi connectivity index (χ1n) is 6.67. The Kier molecular flexibility index (Phi) is 6.36. The van der Waals surface area contributed by atoms with E-state index in [1.54, 1.807) is 0 Å². The van der Waals surface area contributed by atoms with Crippen molar-refractivity contribution in [1.29, 1.82) is 0 Å². The molecule has 1 rings (SSSR count). The number of para-hydroxylation sites is 1. The third-order valence-corrected chi connectivity index (χ3v) is 2.72. The van der Waals surface area contributed by atoms with Crippen LogP contribution in [0.15, 0.2) is 18.2 Å². The predicted octanol–water partition coefficient (Wildman–Crippen LogP) is 1.87. The molecule has 0 aliphatic heterocycles. The Labute approximate surface area is 115 Å². The summed E-state index contributed by atoms with van der Waals surface area (Å²) in [7, 11) is 1.89. The van der Waals surface area contributed by atoms with Crippen LogP contribution in [0.5, 0.6) is 5.75 Å². The van der Waals surface area contributed by atoms with E-state index in [4.69, 9.17) is 4.74 Å². The Balaban J connectivity index is 2.59. The van der Waals surface area contributed by atoms with Gasteiger partial charge in [0.1, 0.15) is 5.75 Å². The highest BCUT2D eigenvalue weighted by atomic mass is 16.5. The van der Waals surface area contributed by atoms with Gasteiger partial charge < -0.3 is 15.4 Å². The molecule has 0 unspecified atom stereocenters. The number of benzene rings is 1. The summed E-state index contributed by atoms with van der Waals surface area (Å²) in [5.41, 5.74) is 2.11. The molecule has 1 amide bonds. The standard InChI is InChI=1S/C15H24N2O2/c1-11(2)8-17-14(18)10-19-15-12(3)6-5-7-13(15)9-16-4/h5-7,11,16H,8-10H2,1-4H3,(H,17,18). The van der Waals surface area contributed by atoms with E-state index >= 15 is 0 Å². The molecule has 0 spiro atoms. The number of ether oxygens (including phenoxy) is 1. The lowest BCUT2D eigenvalue weighted by molar-refractivity contribution is -0.123. The van der Waals surface area contributed by atoms with Crippen molar-refractivity contribution >= 4 is 5.91 Å².